The summed E-state index contributed by atoms with van der Waals surface area (Å²) in [6.45, 7) is 5.85. The Balaban J connectivity index is 2.05. The molecule has 3 N–H and O–H groups in total. The predicted octanol–water partition coefficient (Wildman–Crippen LogP) is 0.783. The van der Waals surface area contributed by atoms with E-state index in [1.54, 1.807) is 0 Å². The second kappa shape index (κ2) is 7.61. The van der Waals surface area contributed by atoms with Crippen molar-refractivity contribution in [3.05, 3.63) is 0 Å². The van der Waals surface area contributed by atoms with E-state index in [-0.39, 0.29) is 11.9 Å². The lowest BCUT2D eigenvalue weighted by Crippen LogP contribution is -2.42. The summed E-state index contributed by atoms with van der Waals surface area (Å²) in [5.41, 5.74) is 0. The molecule has 8 heteroatoms. The monoisotopic (exact) mass is 294 g/mol. The third-order valence-electron chi connectivity index (χ3n) is 2.98. The van der Waals surface area contributed by atoms with Gasteiger partial charge in [-0.3, -0.25) is 4.79 Å². The molecule has 0 saturated carbocycles. The third kappa shape index (κ3) is 4.73. The molecular weight excluding hydrogens is 272 g/mol. The number of nitrogens with zero attached hydrogens (tertiary/aromatic N) is 3. The maximum Gasteiger partial charge on any atom is 0.323 e. The van der Waals surface area contributed by atoms with Crippen molar-refractivity contribution in [3.63, 3.8) is 0 Å². The van der Waals surface area contributed by atoms with Gasteiger partial charge in [-0.15, -0.1) is 0 Å². The number of hydrogen-bond donors (Lipinski definition) is 3. The van der Waals surface area contributed by atoms with Gasteiger partial charge in [0.15, 0.2) is 0 Å². The molecule has 1 fully saturated rings. The molecule has 1 amide bonds. The zero-order chi connectivity index (χ0) is 15.1. The molecule has 1 aliphatic rings. The Morgan fingerprint density at radius 1 is 1.29 bits per heavy atom. The van der Waals surface area contributed by atoms with Crippen LogP contribution in [0.15, 0.2) is 0 Å². The summed E-state index contributed by atoms with van der Waals surface area (Å²) in [6, 6.07) is 0.434. The molecule has 0 spiro atoms. The average molecular weight is 294 g/mol. The number of anilines is 2. The van der Waals surface area contributed by atoms with Crippen molar-refractivity contribution in [1.82, 2.24) is 20.3 Å². The first-order chi connectivity index (χ1) is 10.2. The van der Waals surface area contributed by atoms with Gasteiger partial charge >= 0.3 is 6.01 Å². The van der Waals surface area contributed by atoms with Gasteiger partial charge in [-0.1, -0.05) is 6.92 Å². The first-order valence-electron chi connectivity index (χ1n) is 7.37. The highest BCUT2D eigenvalue weighted by molar-refractivity contribution is 5.76. The number of nitrogens with one attached hydrogen (secondary N) is 3. The summed E-state index contributed by atoms with van der Waals surface area (Å²) in [4.78, 5) is 23.9. The minimum absolute atomic E-state index is 0.0870. The van der Waals surface area contributed by atoms with Gasteiger partial charge in [0.1, 0.15) is 0 Å². The van der Waals surface area contributed by atoms with Gasteiger partial charge in [0.05, 0.1) is 6.61 Å². The fraction of sp³-hybridized carbons (Fsp3) is 0.692. The fourth-order valence-electron chi connectivity index (χ4n) is 1.95. The topological polar surface area (TPSA) is 101 Å². The summed E-state index contributed by atoms with van der Waals surface area (Å²) >= 11 is 0. The van der Waals surface area contributed by atoms with E-state index in [1.165, 1.54) is 0 Å². The van der Waals surface area contributed by atoms with Crippen molar-refractivity contribution in [1.29, 1.82) is 0 Å². The van der Waals surface area contributed by atoms with Gasteiger partial charge in [-0.25, -0.2) is 0 Å². The molecule has 1 aromatic rings. The van der Waals surface area contributed by atoms with Gasteiger partial charge in [-0.2, -0.15) is 15.0 Å². The van der Waals surface area contributed by atoms with Crippen molar-refractivity contribution in [2.45, 2.75) is 39.2 Å². The Hall–Kier alpha value is -2.12. The molecule has 116 valence electrons. The Morgan fingerprint density at radius 2 is 2.10 bits per heavy atom. The van der Waals surface area contributed by atoms with Gasteiger partial charge in [-0.05, 0) is 19.8 Å². The summed E-state index contributed by atoms with van der Waals surface area (Å²) in [6.07, 6.45) is 2.17. The second-order valence-corrected chi connectivity index (χ2v) is 4.83. The molecule has 0 aliphatic carbocycles. The summed E-state index contributed by atoms with van der Waals surface area (Å²) in [7, 11) is 0. The lowest BCUT2D eigenvalue weighted by Gasteiger charge is -2.23. The van der Waals surface area contributed by atoms with Gasteiger partial charge in [0.25, 0.3) is 0 Å². The molecule has 21 heavy (non-hydrogen) atoms. The molecule has 1 atom stereocenters. The third-order valence-corrected chi connectivity index (χ3v) is 2.98. The molecule has 8 nitrogen and oxygen atoms in total. The zero-order valence-corrected chi connectivity index (χ0v) is 12.5. The smallest absolute Gasteiger partial charge is 0.323 e. The Labute approximate surface area is 124 Å². The highest BCUT2D eigenvalue weighted by Crippen LogP contribution is 2.14. The maximum atomic E-state index is 11.2. The SMILES string of the molecule is CCCOc1nc(NCC)nc(NC2CCC(=O)NC2)n1. The van der Waals surface area contributed by atoms with Crippen LogP contribution in [0.1, 0.15) is 33.1 Å². The minimum atomic E-state index is 0.0870. The second-order valence-electron chi connectivity index (χ2n) is 4.83. The molecule has 1 aliphatic heterocycles. The lowest BCUT2D eigenvalue weighted by atomic mass is 10.1. The van der Waals surface area contributed by atoms with Crippen LogP contribution in [0.3, 0.4) is 0 Å². The van der Waals surface area contributed by atoms with Crippen LogP contribution in [-0.2, 0) is 4.79 Å². The molecule has 2 heterocycles. The van der Waals surface area contributed by atoms with E-state index in [9.17, 15) is 4.79 Å². The lowest BCUT2D eigenvalue weighted by molar-refractivity contribution is -0.122. The molecule has 1 unspecified atom stereocenters. The summed E-state index contributed by atoms with van der Waals surface area (Å²) < 4.78 is 5.48. The first-order valence-corrected chi connectivity index (χ1v) is 7.37. The molecule has 0 aromatic carbocycles. The van der Waals surface area contributed by atoms with Crippen LogP contribution >= 0.6 is 0 Å². The van der Waals surface area contributed by atoms with Crippen molar-refractivity contribution < 1.29 is 9.53 Å². The standard InChI is InChI=1S/C13H22N6O2/c1-3-7-21-13-18-11(14-4-2)17-12(19-13)16-9-5-6-10(20)15-8-9/h9H,3-8H2,1-2H3,(H,15,20)(H2,14,16,17,18,19). The fourth-order valence-corrected chi connectivity index (χ4v) is 1.95. The van der Waals surface area contributed by atoms with Crippen LogP contribution < -0.4 is 20.7 Å². The Morgan fingerprint density at radius 3 is 2.76 bits per heavy atom. The Kier molecular flexibility index (Phi) is 5.53. The molecule has 1 saturated heterocycles. The van der Waals surface area contributed by atoms with E-state index in [0.717, 1.165) is 19.4 Å². The predicted molar refractivity (Wildman–Crippen MR) is 79.4 cm³/mol. The zero-order valence-electron chi connectivity index (χ0n) is 12.5. The van der Waals surface area contributed by atoms with E-state index in [1.807, 2.05) is 13.8 Å². The number of amides is 1. The normalized spacial score (nSPS) is 18.0. The molecule has 2 rings (SSSR count). The van der Waals surface area contributed by atoms with E-state index in [2.05, 4.69) is 30.9 Å². The summed E-state index contributed by atoms with van der Waals surface area (Å²) in [5.74, 6) is 1.04. The molecule has 1 aromatic heterocycles. The molecular formula is C13H22N6O2. The van der Waals surface area contributed by atoms with Crippen molar-refractivity contribution in [3.8, 4) is 6.01 Å². The highest BCUT2D eigenvalue weighted by Gasteiger charge is 2.19. The average Bonchev–Trinajstić information content (AvgIpc) is 2.48. The number of rotatable bonds is 7. The summed E-state index contributed by atoms with van der Waals surface area (Å²) in [5, 5.41) is 9.10. The van der Waals surface area contributed by atoms with Gasteiger partial charge < -0.3 is 20.7 Å². The molecule has 0 radical (unpaired) electrons. The van der Waals surface area contributed by atoms with Crippen LogP contribution in [0.4, 0.5) is 11.9 Å². The first kappa shape index (κ1) is 15.3. The number of carbonyl (C=O) groups excluding carboxylic acids is 1. The van der Waals surface area contributed by atoms with E-state index in [4.69, 9.17) is 4.74 Å². The number of hydrogen-bond acceptors (Lipinski definition) is 7. The number of ether oxygens (including phenoxy) is 1. The van der Waals surface area contributed by atoms with Crippen molar-refractivity contribution in [2.75, 3.05) is 30.3 Å². The van der Waals surface area contributed by atoms with Crippen LogP contribution in [0.25, 0.3) is 0 Å². The number of carbonyl (C=O) groups is 1. The van der Waals surface area contributed by atoms with Crippen molar-refractivity contribution >= 4 is 17.8 Å². The van der Waals surface area contributed by atoms with E-state index in [0.29, 0.717) is 37.5 Å². The van der Waals surface area contributed by atoms with E-state index < -0.39 is 0 Å². The maximum absolute atomic E-state index is 11.2. The largest absolute Gasteiger partial charge is 0.463 e. The van der Waals surface area contributed by atoms with Crippen LogP contribution in [0.5, 0.6) is 6.01 Å². The van der Waals surface area contributed by atoms with Crippen LogP contribution in [-0.4, -0.2) is 46.6 Å². The van der Waals surface area contributed by atoms with Gasteiger partial charge in [0.2, 0.25) is 17.8 Å². The van der Waals surface area contributed by atoms with Crippen molar-refractivity contribution in [2.24, 2.45) is 0 Å². The quantitative estimate of drug-likeness (QED) is 0.683. The Bertz CT molecular complexity index is 472. The number of aromatic nitrogens is 3. The number of piperidine rings is 1. The molecule has 0 bridgehead atoms. The highest BCUT2D eigenvalue weighted by atomic mass is 16.5. The minimum Gasteiger partial charge on any atom is -0.463 e. The van der Waals surface area contributed by atoms with Crippen LogP contribution in [0, 0.1) is 0 Å². The van der Waals surface area contributed by atoms with E-state index >= 15 is 0 Å². The van der Waals surface area contributed by atoms with Gasteiger partial charge in [0, 0.05) is 25.6 Å². The van der Waals surface area contributed by atoms with Crippen LogP contribution in [0.2, 0.25) is 0 Å².